The Morgan fingerprint density at radius 2 is 1.79 bits per heavy atom. The lowest BCUT2D eigenvalue weighted by molar-refractivity contribution is -0.124. The summed E-state index contributed by atoms with van der Waals surface area (Å²) >= 11 is 6.05. The number of hydrogen-bond acceptors (Lipinski definition) is 4. The van der Waals surface area contributed by atoms with E-state index in [9.17, 15) is 14.4 Å². The van der Waals surface area contributed by atoms with Crippen LogP contribution in [0.5, 0.6) is 0 Å². The Kier molecular flexibility index (Phi) is 6.53. The van der Waals surface area contributed by atoms with Crippen LogP contribution in [0.15, 0.2) is 24.3 Å². The SMILES string of the molecule is CC(C)[C@H](NC(=O)c1ccccc1Cl)C(=O)NNC(=O)c1n[nH]c2c1CCCC2. The number of aromatic nitrogens is 2. The van der Waals surface area contributed by atoms with Crippen molar-refractivity contribution in [2.45, 2.75) is 45.6 Å². The molecule has 0 fully saturated rings. The summed E-state index contributed by atoms with van der Waals surface area (Å²) in [5.74, 6) is -1.69. The second-order valence-corrected chi connectivity index (χ2v) is 7.76. The zero-order chi connectivity index (χ0) is 21.0. The molecule has 154 valence electrons. The van der Waals surface area contributed by atoms with Crippen LogP contribution in [0, 0.1) is 5.92 Å². The minimum atomic E-state index is -0.854. The lowest BCUT2D eigenvalue weighted by atomic mass is 9.96. The highest BCUT2D eigenvalue weighted by Crippen LogP contribution is 2.22. The van der Waals surface area contributed by atoms with Crippen LogP contribution in [0.1, 0.15) is 58.8 Å². The molecule has 1 aliphatic carbocycles. The number of amides is 3. The molecular formula is C20H24ClN5O3. The number of hydrogen-bond donors (Lipinski definition) is 4. The molecule has 1 atom stereocenters. The minimum absolute atomic E-state index is 0.212. The van der Waals surface area contributed by atoms with E-state index >= 15 is 0 Å². The number of benzene rings is 1. The van der Waals surface area contributed by atoms with Crippen molar-refractivity contribution in [1.82, 2.24) is 26.4 Å². The average molecular weight is 418 g/mol. The summed E-state index contributed by atoms with van der Waals surface area (Å²) in [6.07, 6.45) is 3.72. The summed E-state index contributed by atoms with van der Waals surface area (Å²) in [5, 5.41) is 9.94. The fraction of sp³-hybridized carbons (Fsp3) is 0.400. The zero-order valence-electron chi connectivity index (χ0n) is 16.3. The van der Waals surface area contributed by atoms with Gasteiger partial charge in [-0.05, 0) is 43.7 Å². The number of halogens is 1. The van der Waals surface area contributed by atoms with E-state index in [1.165, 1.54) is 0 Å². The van der Waals surface area contributed by atoms with E-state index in [-0.39, 0.29) is 11.5 Å². The third kappa shape index (κ3) is 4.76. The number of carbonyl (C=O) groups is 3. The molecule has 1 heterocycles. The smallest absolute Gasteiger partial charge is 0.290 e. The molecule has 0 aliphatic heterocycles. The highest BCUT2D eigenvalue weighted by atomic mass is 35.5. The summed E-state index contributed by atoms with van der Waals surface area (Å²) < 4.78 is 0. The summed E-state index contributed by atoms with van der Waals surface area (Å²) in [4.78, 5) is 37.5. The maximum absolute atomic E-state index is 12.6. The first kappa shape index (κ1) is 20.9. The monoisotopic (exact) mass is 417 g/mol. The number of carbonyl (C=O) groups excluding carboxylic acids is 3. The van der Waals surface area contributed by atoms with Crippen molar-refractivity contribution in [3.05, 3.63) is 51.8 Å². The number of fused-ring (bicyclic) bond motifs is 1. The van der Waals surface area contributed by atoms with Crippen LogP contribution in [0.25, 0.3) is 0 Å². The van der Waals surface area contributed by atoms with Gasteiger partial charge in [0.25, 0.3) is 17.7 Å². The standard InChI is InChI=1S/C20H24ClN5O3/c1-11(2)16(22-18(27)12-7-3-5-9-14(12)21)19(28)25-26-20(29)17-13-8-4-6-10-15(13)23-24-17/h3,5,7,9,11,16H,4,6,8,10H2,1-2H3,(H,22,27)(H,23,24)(H,25,28)(H,26,29)/t16-/m0/s1. The first-order valence-corrected chi connectivity index (χ1v) is 9.98. The molecule has 0 bridgehead atoms. The van der Waals surface area contributed by atoms with E-state index in [1.54, 1.807) is 38.1 Å². The molecule has 8 nitrogen and oxygen atoms in total. The molecule has 4 N–H and O–H groups in total. The predicted molar refractivity (Wildman–Crippen MR) is 108 cm³/mol. The maximum atomic E-state index is 12.6. The van der Waals surface area contributed by atoms with Gasteiger partial charge in [0.1, 0.15) is 6.04 Å². The molecule has 0 spiro atoms. The number of nitrogens with zero attached hydrogens (tertiary/aromatic N) is 1. The third-order valence-electron chi connectivity index (χ3n) is 4.92. The number of hydrazine groups is 1. The minimum Gasteiger partial charge on any atom is -0.340 e. The number of rotatable bonds is 5. The number of aromatic amines is 1. The normalized spacial score (nSPS) is 14.1. The lowest BCUT2D eigenvalue weighted by Crippen LogP contribution is -2.54. The molecule has 0 saturated heterocycles. The second-order valence-electron chi connectivity index (χ2n) is 7.35. The summed E-state index contributed by atoms with van der Waals surface area (Å²) in [6, 6.07) is 5.74. The topological polar surface area (TPSA) is 116 Å². The second kappa shape index (κ2) is 9.09. The van der Waals surface area contributed by atoms with E-state index in [2.05, 4.69) is 26.4 Å². The molecular weight excluding hydrogens is 394 g/mol. The molecule has 0 unspecified atom stereocenters. The van der Waals surface area contributed by atoms with E-state index in [1.807, 2.05) is 0 Å². The number of aryl methyl sites for hydroxylation is 1. The fourth-order valence-corrected chi connectivity index (χ4v) is 3.54. The Morgan fingerprint density at radius 3 is 2.52 bits per heavy atom. The van der Waals surface area contributed by atoms with Crippen LogP contribution in [0.3, 0.4) is 0 Å². The van der Waals surface area contributed by atoms with Gasteiger partial charge in [-0.1, -0.05) is 37.6 Å². The molecule has 2 aromatic rings. The van der Waals surface area contributed by atoms with Gasteiger partial charge in [-0.3, -0.25) is 30.3 Å². The van der Waals surface area contributed by atoms with Gasteiger partial charge in [-0.15, -0.1) is 0 Å². The quantitative estimate of drug-likeness (QED) is 0.558. The summed E-state index contributed by atoms with van der Waals surface area (Å²) in [7, 11) is 0. The third-order valence-corrected chi connectivity index (χ3v) is 5.25. The average Bonchev–Trinajstić information content (AvgIpc) is 3.14. The van der Waals surface area contributed by atoms with Crippen LogP contribution in [-0.4, -0.2) is 34.0 Å². The van der Waals surface area contributed by atoms with E-state index < -0.39 is 23.8 Å². The van der Waals surface area contributed by atoms with Gasteiger partial charge in [-0.2, -0.15) is 5.10 Å². The lowest BCUT2D eigenvalue weighted by Gasteiger charge is -2.22. The van der Waals surface area contributed by atoms with E-state index in [0.717, 1.165) is 36.9 Å². The molecule has 29 heavy (non-hydrogen) atoms. The van der Waals surface area contributed by atoms with Crippen molar-refractivity contribution in [3.63, 3.8) is 0 Å². The van der Waals surface area contributed by atoms with Gasteiger partial charge in [0.05, 0.1) is 10.6 Å². The van der Waals surface area contributed by atoms with Crippen LogP contribution in [-0.2, 0) is 17.6 Å². The molecule has 1 aliphatic rings. The van der Waals surface area contributed by atoms with Crippen molar-refractivity contribution in [1.29, 1.82) is 0 Å². The summed E-state index contributed by atoms with van der Waals surface area (Å²) in [6.45, 7) is 3.59. The fourth-order valence-electron chi connectivity index (χ4n) is 3.32. The molecule has 1 aromatic carbocycles. The highest BCUT2D eigenvalue weighted by molar-refractivity contribution is 6.33. The molecule has 3 rings (SSSR count). The van der Waals surface area contributed by atoms with Gasteiger partial charge in [0.15, 0.2) is 5.69 Å². The zero-order valence-corrected chi connectivity index (χ0v) is 17.1. The van der Waals surface area contributed by atoms with Crippen LogP contribution >= 0.6 is 11.6 Å². The Hall–Kier alpha value is -2.87. The van der Waals surface area contributed by atoms with E-state index in [0.29, 0.717) is 10.7 Å². The van der Waals surface area contributed by atoms with Crippen molar-refractivity contribution >= 4 is 29.3 Å². The van der Waals surface area contributed by atoms with Crippen LogP contribution in [0.2, 0.25) is 5.02 Å². The molecule has 1 aromatic heterocycles. The molecule has 0 saturated carbocycles. The number of nitrogens with one attached hydrogen (secondary N) is 4. The molecule has 0 radical (unpaired) electrons. The van der Waals surface area contributed by atoms with Gasteiger partial charge < -0.3 is 5.32 Å². The molecule has 3 amide bonds. The first-order valence-electron chi connectivity index (χ1n) is 9.60. The Labute approximate surface area is 173 Å². The Balaban J connectivity index is 1.62. The molecule has 9 heteroatoms. The highest BCUT2D eigenvalue weighted by Gasteiger charge is 2.27. The largest absolute Gasteiger partial charge is 0.340 e. The maximum Gasteiger partial charge on any atom is 0.290 e. The van der Waals surface area contributed by atoms with Crippen LogP contribution < -0.4 is 16.2 Å². The van der Waals surface area contributed by atoms with Crippen molar-refractivity contribution in [3.8, 4) is 0 Å². The Morgan fingerprint density at radius 1 is 1.07 bits per heavy atom. The predicted octanol–water partition coefficient (Wildman–Crippen LogP) is 2.16. The van der Waals surface area contributed by atoms with Crippen molar-refractivity contribution in [2.75, 3.05) is 0 Å². The Bertz CT molecular complexity index is 925. The van der Waals surface area contributed by atoms with Gasteiger partial charge in [0, 0.05) is 11.3 Å². The number of H-pyrrole nitrogens is 1. The van der Waals surface area contributed by atoms with Crippen molar-refractivity contribution < 1.29 is 14.4 Å². The first-order chi connectivity index (χ1) is 13.9. The van der Waals surface area contributed by atoms with Gasteiger partial charge in [0.2, 0.25) is 0 Å². The van der Waals surface area contributed by atoms with E-state index in [4.69, 9.17) is 11.6 Å². The summed E-state index contributed by atoms with van der Waals surface area (Å²) in [5.41, 5.74) is 7.23. The van der Waals surface area contributed by atoms with Gasteiger partial charge >= 0.3 is 0 Å². The van der Waals surface area contributed by atoms with Gasteiger partial charge in [-0.25, -0.2) is 0 Å². The van der Waals surface area contributed by atoms with Crippen LogP contribution in [0.4, 0.5) is 0 Å². The van der Waals surface area contributed by atoms with Crippen molar-refractivity contribution in [2.24, 2.45) is 5.92 Å².